The minimum Gasteiger partial charge on any atom is -0.489 e. The van der Waals surface area contributed by atoms with Crippen LogP contribution in [0.4, 0.5) is 0 Å². The van der Waals surface area contributed by atoms with Crippen molar-refractivity contribution in [2.24, 2.45) is 0 Å². The van der Waals surface area contributed by atoms with E-state index in [1.165, 1.54) is 5.06 Å². The zero-order valence-corrected chi connectivity index (χ0v) is 11.8. The lowest BCUT2D eigenvalue weighted by molar-refractivity contribution is -0.267. The van der Waals surface area contributed by atoms with Gasteiger partial charge in [0.2, 0.25) is 5.79 Å². The molecule has 0 spiro atoms. The average molecular weight is 283 g/mol. The summed E-state index contributed by atoms with van der Waals surface area (Å²) in [5.74, 6) is -0.645. The Kier molecular flexibility index (Phi) is 3.64. The van der Waals surface area contributed by atoms with Gasteiger partial charge < -0.3 is 9.84 Å². The highest BCUT2D eigenvalue weighted by Crippen LogP contribution is 2.31. The molecular weight excluding hydrogens is 266 g/mol. The van der Waals surface area contributed by atoms with Crippen molar-refractivity contribution < 1.29 is 14.7 Å². The summed E-state index contributed by atoms with van der Waals surface area (Å²) in [5, 5.41) is 11.8. The molecular formula is C17H17NO3. The number of hydrogen-bond acceptors (Lipinski definition) is 4. The number of aliphatic hydroxyl groups is 1. The summed E-state index contributed by atoms with van der Waals surface area (Å²) in [6.07, 6.45) is 3.28. The monoisotopic (exact) mass is 283 g/mol. The summed E-state index contributed by atoms with van der Waals surface area (Å²) >= 11 is 0. The van der Waals surface area contributed by atoms with Crippen molar-refractivity contribution in [2.45, 2.75) is 12.4 Å². The maximum Gasteiger partial charge on any atom is 0.238 e. The second-order valence-corrected chi connectivity index (χ2v) is 4.95. The predicted octanol–water partition coefficient (Wildman–Crippen LogP) is 2.80. The van der Waals surface area contributed by atoms with Gasteiger partial charge >= 0.3 is 0 Å². The molecule has 21 heavy (non-hydrogen) atoms. The summed E-state index contributed by atoms with van der Waals surface area (Å²) in [6.45, 7) is 0.517. The van der Waals surface area contributed by atoms with Gasteiger partial charge in [0, 0.05) is 18.8 Å². The number of benzene rings is 2. The molecule has 2 aromatic rings. The molecule has 0 amide bonds. The third kappa shape index (κ3) is 3.07. The van der Waals surface area contributed by atoms with Crippen LogP contribution in [0.1, 0.15) is 11.1 Å². The van der Waals surface area contributed by atoms with E-state index in [1.807, 2.05) is 42.5 Å². The number of ether oxygens (including phenoxy) is 1. The molecule has 1 aliphatic rings. The minimum absolute atomic E-state index is 0.517. The Morgan fingerprint density at radius 1 is 1.10 bits per heavy atom. The van der Waals surface area contributed by atoms with Gasteiger partial charge in [0.25, 0.3) is 0 Å². The molecule has 0 saturated heterocycles. The second kappa shape index (κ2) is 5.60. The van der Waals surface area contributed by atoms with Crippen LogP contribution >= 0.6 is 0 Å². The topological polar surface area (TPSA) is 41.9 Å². The molecule has 1 atom stereocenters. The van der Waals surface area contributed by atoms with Crippen LogP contribution in [0.25, 0.3) is 0 Å². The van der Waals surface area contributed by atoms with Gasteiger partial charge in [-0.25, -0.2) is 4.84 Å². The molecule has 4 nitrogen and oxygen atoms in total. The fourth-order valence-electron chi connectivity index (χ4n) is 2.17. The molecule has 0 aliphatic carbocycles. The van der Waals surface area contributed by atoms with Crippen molar-refractivity contribution in [2.75, 3.05) is 7.05 Å². The smallest absolute Gasteiger partial charge is 0.238 e. The van der Waals surface area contributed by atoms with Crippen LogP contribution in [0.3, 0.4) is 0 Å². The first kappa shape index (κ1) is 13.7. The van der Waals surface area contributed by atoms with Crippen LogP contribution in [0.5, 0.6) is 5.75 Å². The predicted molar refractivity (Wildman–Crippen MR) is 79.1 cm³/mol. The Balaban J connectivity index is 1.66. The second-order valence-electron chi connectivity index (χ2n) is 4.95. The van der Waals surface area contributed by atoms with Crippen molar-refractivity contribution in [1.82, 2.24) is 5.06 Å². The number of rotatable bonds is 4. The van der Waals surface area contributed by atoms with Crippen LogP contribution < -0.4 is 4.74 Å². The van der Waals surface area contributed by atoms with E-state index in [4.69, 9.17) is 9.57 Å². The first-order chi connectivity index (χ1) is 10.2. The summed E-state index contributed by atoms with van der Waals surface area (Å²) < 4.78 is 5.71. The Labute approximate surface area is 123 Å². The molecule has 0 radical (unpaired) electrons. The van der Waals surface area contributed by atoms with Crippen molar-refractivity contribution in [3.05, 3.63) is 78.0 Å². The van der Waals surface area contributed by atoms with Crippen LogP contribution in [0.2, 0.25) is 0 Å². The van der Waals surface area contributed by atoms with Crippen molar-refractivity contribution >= 4 is 0 Å². The van der Waals surface area contributed by atoms with E-state index in [1.54, 1.807) is 31.5 Å². The van der Waals surface area contributed by atoms with E-state index in [0.29, 0.717) is 12.2 Å². The van der Waals surface area contributed by atoms with Gasteiger partial charge in [-0.3, -0.25) is 5.06 Å². The Hall–Kier alpha value is -2.30. The molecule has 2 aromatic carbocycles. The minimum atomic E-state index is -1.40. The van der Waals surface area contributed by atoms with E-state index in [0.717, 1.165) is 11.3 Å². The molecule has 0 bridgehead atoms. The number of hydrogen-bond donors (Lipinski definition) is 1. The van der Waals surface area contributed by atoms with E-state index in [2.05, 4.69) is 0 Å². The first-order valence-electron chi connectivity index (χ1n) is 6.77. The summed E-state index contributed by atoms with van der Waals surface area (Å²) in [4.78, 5) is 5.34. The van der Waals surface area contributed by atoms with Gasteiger partial charge in [0.15, 0.2) is 0 Å². The fourth-order valence-corrected chi connectivity index (χ4v) is 2.17. The van der Waals surface area contributed by atoms with Gasteiger partial charge in [0.05, 0.1) is 0 Å². The SMILES string of the molecule is CN1C=CC(O)(c2ccc(OCc3ccccc3)cc2)O1. The van der Waals surface area contributed by atoms with Gasteiger partial charge in [0.1, 0.15) is 12.4 Å². The Morgan fingerprint density at radius 3 is 2.43 bits per heavy atom. The van der Waals surface area contributed by atoms with Crippen molar-refractivity contribution in [3.8, 4) is 5.75 Å². The van der Waals surface area contributed by atoms with E-state index >= 15 is 0 Å². The molecule has 108 valence electrons. The molecule has 1 N–H and O–H groups in total. The largest absolute Gasteiger partial charge is 0.489 e. The normalized spacial score (nSPS) is 20.8. The van der Waals surface area contributed by atoms with Crippen LogP contribution in [-0.4, -0.2) is 17.2 Å². The molecule has 1 aliphatic heterocycles. The lowest BCUT2D eigenvalue weighted by Gasteiger charge is -2.22. The molecule has 0 fully saturated rings. The van der Waals surface area contributed by atoms with Gasteiger partial charge in [-0.15, -0.1) is 0 Å². The molecule has 1 unspecified atom stereocenters. The zero-order chi connectivity index (χ0) is 14.7. The lowest BCUT2D eigenvalue weighted by atomic mass is 10.1. The summed E-state index contributed by atoms with van der Waals surface area (Å²) in [6, 6.07) is 17.2. The quantitative estimate of drug-likeness (QED) is 0.937. The first-order valence-corrected chi connectivity index (χ1v) is 6.77. The van der Waals surface area contributed by atoms with Crippen LogP contribution in [0, 0.1) is 0 Å². The molecule has 0 saturated carbocycles. The zero-order valence-electron chi connectivity index (χ0n) is 11.8. The number of hydroxylamine groups is 2. The van der Waals surface area contributed by atoms with Gasteiger partial charge in [-0.1, -0.05) is 30.3 Å². The van der Waals surface area contributed by atoms with E-state index < -0.39 is 5.79 Å². The molecule has 4 heteroatoms. The van der Waals surface area contributed by atoms with Gasteiger partial charge in [-0.05, 0) is 35.9 Å². The summed E-state index contributed by atoms with van der Waals surface area (Å²) in [5.41, 5.74) is 1.78. The maximum absolute atomic E-state index is 10.3. The van der Waals surface area contributed by atoms with E-state index in [-0.39, 0.29) is 0 Å². The van der Waals surface area contributed by atoms with Crippen molar-refractivity contribution in [3.63, 3.8) is 0 Å². The standard InChI is InChI=1S/C17H17NO3/c1-18-12-11-17(19,21-18)15-7-9-16(10-8-15)20-13-14-5-3-2-4-6-14/h2-12,19H,13H2,1H3. The Morgan fingerprint density at radius 2 is 1.81 bits per heavy atom. The highest BCUT2D eigenvalue weighted by atomic mass is 16.8. The highest BCUT2D eigenvalue weighted by molar-refractivity contribution is 5.32. The summed E-state index contributed by atoms with van der Waals surface area (Å²) in [7, 11) is 1.73. The number of nitrogens with zero attached hydrogens (tertiary/aromatic N) is 1. The average Bonchev–Trinajstić information content (AvgIpc) is 2.87. The van der Waals surface area contributed by atoms with Crippen LogP contribution in [0.15, 0.2) is 66.9 Å². The maximum atomic E-state index is 10.3. The molecule has 1 heterocycles. The Bertz CT molecular complexity index is 624. The third-order valence-electron chi connectivity index (χ3n) is 3.31. The van der Waals surface area contributed by atoms with Crippen molar-refractivity contribution in [1.29, 1.82) is 0 Å². The lowest BCUT2D eigenvalue weighted by Crippen LogP contribution is -2.27. The van der Waals surface area contributed by atoms with Gasteiger partial charge in [-0.2, -0.15) is 0 Å². The fraction of sp³-hybridized carbons (Fsp3) is 0.176. The molecule has 0 aromatic heterocycles. The molecule has 3 rings (SSSR count). The van der Waals surface area contributed by atoms with Crippen LogP contribution in [-0.2, 0) is 17.2 Å². The third-order valence-corrected chi connectivity index (χ3v) is 3.31. The highest BCUT2D eigenvalue weighted by Gasteiger charge is 2.33. The van der Waals surface area contributed by atoms with E-state index in [9.17, 15) is 5.11 Å².